The van der Waals surface area contributed by atoms with Gasteiger partial charge in [0.25, 0.3) is 5.91 Å². The molecule has 1 amide bonds. The molecule has 16 heteroatoms. The first-order chi connectivity index (χ1) is 25.8. The van der Waals surface area contributed by atoms with Crippen molar-refractivity contribution in [1.29, 1.82) is 0 Å². The average Bonchev–Trinajstić information content (AvgIpc) is 3.16. The van der Waals surface area contributed by atoms with Gasteiger partial charge in [0.05, 0.1) is 38.3 Å². The van der Waals surface area contributed by atoms with Crippen molar-refractivity contribution in [2.75, 3.05) is 33.4 Å². The Morgan fingerprint density at radius 3 is 2.30 bits per heavy atom. The molecule has 1 aliphatic rings. The number of pyridine rings is 1. The molecule has 54 heavy (non-hydrogen) atoms. The Hall–Kier alpha value is -5.03. The smallest absolute Gasteiger partial charge is 0.431 e. The zero-order valence-electron chi connectivity index (χ0n) is 31.1. The van der Waals surface area contributed by atoms with Crippen LogP contribution in [-0.4, -0.2) is 82.8 Å². The number of aliphatic hydroxyl groups is 2. The van der Waals surface area contributed by atoms with Crippen LogP contribution < -0.4 is 30.8 Å². The Morgan fingerprint density at radius 1 is 1.06 bits per heavy atom. The lowest BCUT2D eigenvalue weighted by Crippen LogP contribution is -2.42. The number of aromatic nitrogens is 3. The number of amides is 1. The summed E-state index contributed by atoms with van der Waals surface area (Å²) in [6.45, 7) is 9.90. The molecule has 3 heterocycles. The highest BCUT2D eigenvalue weighted by atomic mass is 19.4. The summed E-state index contributed by atoms with van der Waals surface area (Å²) in [6.07, 6.45) is -1.13. The number of nitrogens with two attached hydrogens (primary N) is 1. The van der Waals surface area contributed by atoms with E-state index >= 15 is 0 Å². The highest BCUT2D eigenvalue weighted by Crippen LogP contribution is 2.28. The van der Waals surface area contributed by atoms with Crippen LogP contribution in [0, 0.1) is 6.92 Å². The van der Waals surface area contributed by atoms with Crippen LogP contribution in [0.2, 0.25) is 0 Å². The van der Waals surface area contributed by atoms with Gasteiger partial charge in [-0.1, -0.05) is 32.0 Å². The number of nitrogens with zero attached hydrogens (tertiary/aromatic N) is 2. The van der Waals surface area contributed by atoms with Crippen LogP contribution in [0.5, 0.6) is 23.1 Å². The first kappa shape index (κ1) is 45.1. The number of carbonyl (C=O) groups is 1. The summed E-state index contributed by atoms with van der Waals surface area (Å²) in [4.78, 5) is 32.0. The molecule has 296 valence electrons. The van der Waals surface area contributed by atoms with Crippen molar-refractivity contribution >= 4 is 5.91 Å². The van der Waals surface area contributed by atoms with Crippen molar-refractivity contribution in [3.05, 3.63) is 106 Å². The summed E-state index contributed by atoms with van der Waals surface area (Å²) >= 11 is 0. The molecule has 0 saturated carbocycles. The number of ether oxygens (including phenoxy) is 4. The maximum absolute atomic E-state index is 12.0. The van der Waals surface area contributed by atoms with Crippen LogP contribution in [0.1, 0.15) is 60.9 Å². The van der Waals surface area contributed by atoms with Gasteiger partial charge >= 0.3 is 6.18 Å². The third kappa shape index (κ3) is 15.9. The number of hydrogen-bond donors (Lipinski definition) is 5. The van der Waals surface area contributed by atoms with Gasteiger partial charge in [-0.25, -0.2) is 9.97 Å². The van der Waals surface area contributed by atoms with Crippen molar-refractivity contribution in [2.45, 2.75) is 71.4 Å². The summed E-state index contributed by atoms with van der Waals surface area (Å²) in [5.41, 5.74) is 6.35. The number of aliphatic hydroxyl groups excluding tert-OH is 2. The van der Waals surface area contributed by atoms with E-state index < -0.39 is 29.6 Å². The van der Waals surface area contributed by atoms with Crippen molar-refractivity contribution in [3.8, 4) is 23.1 Å². The second kappa shape index (κ2) is 23.6. The number of nitrogens with one attached hydrogen (secondary N) is 2. The van der Waals surface area contributed by atoms with E-state index in [0.717, 1.165) is 47.4 Å². The van der Waals surface area contributed by atoms with Gasteiger partial charge < -0.3 is 45.2 Å². The number of halogens is 3. The highest BCUT2D eigenvalue weighted by Gasteiger charge is 2.31. The van der Waals surface area contributed by atoms with Crippen molar-refractivity contribution in [1.82, 2.24) is 20.3 Å². The topological polar surface area (TPSA) is 191 Å². The fourth-order valence-electron chi connectivity index (χ4n) is 4.54. The largest absolute Gasteiger partial charge is 0.494 e. The van der Waals surface area contributed by atoms with E-state index in [0.29, 0.717) is 45.0 Å². The summed E-state index contributed by atoms with van der Waals surface area (Å²) in [7, 11) is 1.49. The fourth-order valence-corrected chi connectivity index (χ4v) is 4.54. The Labute approximate surface area is 312 Å². The van der Waals surface area contributed by atoms with Crippen molar-refractivity contribution < 1.29 is 47.1 Å². The molecule has 0 aliphatic carbocycles. The molecule has 1 saturated heterocycles. The number of aromatic amines is 1. The minimum absolute atomic E-state index is 0.214. The third-order valence-corrected chi connectivity index (χ3v) is 7.41. The predicted octanol–water partition coefficient (Wildman–Crippen LogP) is 5.22. The lowest BCUT2D eigenvalue weighted by Gasteiger charge is -2.29. The molecule has 1 fully saturated rings. The SMILES string of the molecule is CC.CC1OCCC(O)C1O.COc1cnc(C(=O)NCCCOc2ccc(Oc3ccc(CCN)cc3C)cc2)cn1.O=c1cccc(C(F)(F)F)[nH]1. The Morgan fingerprint density at radius 2 is 1.76 bits per heavy atom. The number of hydrogen-bond acceptors (Lipinski definition) is 11. The van der Waals surface area contributed by atoms with Gasteiger partial charge in [-0.2, -0.15) is 13.2 Å². The molecule has 3 unspecified atom stereocenters. The third-order valence-electron chi connectivity index (χ3n) is 7.41. The summed E-state index contributed by atoms with van der Waals surface area (Å²) in [6, 6.07) is 16.4. The summed E-state index contributed by atoms with van der Waals surface area (Å²) in [5.74, 6) is 2.37. The number of alkyl halides is 3. The van der Waals surface area contributed by atoms with E-state index in [-0.39, 0.29) is 17.7 Å². The van der Waals surface area contributed by atoms with Crippen LogP contribution in [0.15, 0.2) is 77.9 Å². The van der Waals surface area contributed by atoms with Crippen LogP contribution in [0.3, 0.4) is 0 Å². The lowest BCUT2D eigenvalue weighted by molar-refractivity contribution is -0.141. The second-order valence-corrected chi connectivity index (χ2v) is 11.5. The van der Waals surface area contributed by atoms with Gasteiger partial charge in [-0.3, -0.25) is 9.59 Å². The number of carbonyl (C=O) groups excluding carboxylic acids is 1. The maximum Gasteiger partial charge on any atom is 0.431 e. The van der Waals surface area contributed by atoms with E-state index in [9.17, 15) is 22.8 Å². The van der Waals surface area contributed by atoms with Crippen LogP contribution in [0.4, 0.5) is 13.2 Å². The molecule has 3 atom stereocenters. The zero-order chi connectivity index (χ0) is 40.1. The zero-order valence-corrected chi connectivity index (χ0v) is 31.1. The first-order valence-corrected chi connectivity index (χ1v) is 17.4. The number of rotatable bonds is 11. The minimum Gasteiger partial charge on any atom is -0.494 e. The van der Waals surface area contributed by atoms with E-state index in [2.05, 4.69) is 21.4 Å². The molecule has 0 spiro atoms. The molecule has 13 nitrogen and oxygen atoms in total. The molecule has 5 rings (SSSR count). The van der Waals surface area contributed by atoms with Gasteiger partial charge in [0.2, 0.25) is 11.4 Å². The molecular weight excluding hydrogens is 711 g/mol. The first-order valence-electron chi connectivity index (χ1n) is 17.4. The highest BCUT2D eigenvalue weighted by molar-refractivity contribution is 5.91. The van der Waals surface area contributed by atoms with Crippen molar-refractivity contribution in [3.63, 3.8) is 0 Å². The number of benzene rings is 2. The van der Waals surface area contributed by atoms with E-state index in [1.165, 1.54) is 25.1 Å². The fraction of sp³-hybridized carbons (Fsp3) is 0.421. The number of methoxy groups -OCH3 is 1. The van der Waals surface area contributed by atoms with E-state index in [4.69, 9.17) is 34.9 Å². The molecule has 0 bridgehead atoms. The van der Waals surface area contributed by atoms with E-state index in [1.807, 2.05) is 57.2 Å². The molecule has 6 N–H and O–H groups in total. The van der Waals surface area contributed by atoms with Gasteiger partial charge in [-0.15, -0.1) is 0 Å². The minimum atomic E-state index is -4.47. The number of H-pyrrole nitrogens is 1. The molecule has 1 aliphatic heterocycles. The average molecular weight is 762 g/mol. The normalized spacial score (nSPS) is 16.2. The molecule has 4 aromatic rings. The summed E-state index contributed by atoms with van der Waals surface area (Å²) in [5, 5.41) is 20.9. The maximum atomic E-state index is 12.0. The van der Waals surface area contributed by atoms with Gasteiger partial charge in [0, 0.05) is 19.2 Å². The molecule has 2 aromatic heterocycles. The van der Waals surface area contributed by atoms with Crippen LogP contribution >= 0.6 is 0 Å². The van der Waals surface area contributed by atoms with Crippen LogP contribution in [0.25, 0.3) is 0 Å². The van der Waals surface area contributed by atoms with Crippen molar-refractivity contribution in [2.24, 2.45) is 5.73 Å². The van der Waals surface area contributed by atoms with Gasteiger partial charge in [0.1, 0.15) is 34.7 Å². The van der Waals surface area contributed by atoms with Gasteiger partial charge in [0.15, 0.2) is 0 Å². The standard InChI is InChI=1S/C24H28N4O4.C6H4F3NO.C6H12O3.C2H6/c1-17-14-18(10-11-25)4-9-22(17)32-20-7-5-19(6-8-20)31-13-3-12-26-24(29)21-15-28-23(30-2)16-27-21;7-6(8,9)4-2-1-3-5(11)10-4;1-4-6(8)5(7)2-3-9-4;1-2/h4-9,14-16H,3,10-13,25H2,1-2H3,(H,26,29);1-3H,(H,10,11);4-8H,2-3H2,1H3;1-2H3. The monoisotopic (exact) mass is 761 g/mol. The molecule has 0 radical (unpaired) electrons. The molecule has 2 aromatic carbocycles. The second-order valence-electron chi connectivity index (χ2n) is 11.5. The lowest BCUT2D eigenvalue weighted by atomic mass is 10.0. The Bertz CT molecular complexity index is 1710. The molecular formula is C38H50F3N5O8. The van der Waals surface area contributed by atoms with E-state index in [1.54, 1.807) is 11.9 Å². The Kier molecular flexibility index (Phi) is 19.7. The van der Waals surface area contributed by atoms with Crippen LogP contribution in [-0.2, 0) is 17.3 Å². The predicted molar refractivity (Wildman–Crippen MR) is 197 cm³/mol. The Balaban J connectivity index is 0.000000370. The number of aryl methyl sites for hydroxylation is 1. The quantitative estimate of drug-likeness (QED) is 0.126. The summed E-state index contributed by atoms with van der Waals surface area (Å²) < 4.78 is 57.1. The van der Waals surface area contributed by atoms with Gasteiger partial charge in [-0.05, 0) is 87.2 Å².